The maximum Gasteiger partial charge on any atom is 0.303 e. The van der Waals surface area contributed by atoms with Crippen molar-refractivity contribution in [2.24, 2.45) is 0 Å². The summed E-state index contributed by atoms with van der Waals surface area (Å²) in [5.74, 6) is -0.690. The molecule has 25 heavy (non-hydrogen) atoms. The van der Waals surface area contributed by atoms with Gasteiger partial charge in [0.15, 0.2) is 0 Å². The van der Waals surface area contributed by atoms with E-state index in [1.807, 2.05) is 0 Å². The minimum Gasteiger partial charge on any atom is -0.481 e. The topological polar surface area (TPSA) is 37.3 Å². The van der Waals surface area contributed by atoms with E-state index >= 15 is 0 Å². The van der Waals surface area contributed by atoms with E-state index in [4.69, 9.17) is 5.11 Å². The molecule has 144 valence electrons. The van der Waals surface area contributed by atoms with Crippen molar-refractivity contribution in [3.8, 4) is 0 Å². The fourth-order valence-electron chi connectivity index (χ4n) is 2.65. The lowest BCUT2D eigenvalue weighted by Crippen LogP contribution is -2.40. The van der Waals surface area contributed by atoms with Crippen LogP contribution in [0.2, 0.25) is 0 Å². The number of carboxylic acid groups (broad SMARTS) is 1. The summed E-state index contributed by atoms with van der Waals surface area (Å²) in [5.41, 5.74) is 4.33. The summed E-state index contributed by atoms with van der Waals surface area (Å²) >= 11 is 0. The van der Waals surface area contributed by atoms with Crippen molar-refractivity contribution in [2.75, 3.05) is 27.2 Å². The van der Waals surface area contributed by atoms with Gasteiger partial charge < -0.3 is 9.59 Å². The molecule has 0 radical (unpaired) electrons. The van der Waals surface area contributed by atoms with Crippen molar-refractivity contribution in [1.29, 1.82) is 0 Å². The van der Waals surface area contributed by atoms with Crippen LogP contribution in [0.25, 0.3) is 0 Å². The molecule has 0 rings (SSSR count). The molecule has 0 aromatic rings. The van der Waals surface area contributed by atoms with E-state index in [2.05, 4.69) is 60.0 Å². The summed E-state index contributed by atoms with van der Waals surface area (Å²) in [6.07, 6.45) is 13.6. The molecule has 0 aliphatic carbocycles. The van der Waals surface area contributed by atoms with Gasteiger partial charge in [-0.1, -0.05) is 28.9 Å². The fourth-order valence-corrected chi connectivity index (χ4v) is 2.65. The highest BCUT2D eigenvalue weighted by atomic mass is 16.4. The molecule has 0 saturated carbocycles. The predicted molar refractivity (Wildman–Crippen MR) is 109 cm³/mol. The Labute approximate surface area is 155 Å². The van der Waals surface area contributed by atoms with Gasteiger partial charge in [0.1, 0.15) is 0 Å². The van der Waals surface area contributed by atoms with Crippen LogP contribution in [-0.2, 0) is 4.79 Å². The summed E-state index contributed by atoms with van der Waals surface area (Å²) in [6, 6.07) is 0. The lowest BCUT2D eigenvalue weighted by atomic mass is 10.1. The van der Waals surface area contributed by atoms with Crippen LogP contribution in [0.3, 0.4) is 0 Å². The third-order valence-corrected chi connectivity index (χ3v) is 4.46. The van der Waals surface area contributed by atoms with Crippen LogP contribution in [0.4, 0.5) is 0 Å². The van der Waals surface area contributed by atoms with E-state index in [-0.39, 0.29) is 6.42 Å². The molecule has 0 bridgehead atoms. The Kier molecular flexibility index (Phi) is 12.2. The number of carbonyl (C=O) groups is 1. The molecule has 0 saturated heterocycles. The van der Waals surface area contributed by atoms with Crippen molar-refractivity contribution in [1.82, 2.24) is 0 Å². The third-order valence-electron chi connectivity index (χ3n) is 4.46. The van der Waals surface area contributed by atoms with Crippen LogP contribution in [-0.4, -0.2) is 42.7 Å². The standard InChI is InChI=1S/C22H39NO2/c1-19(2)11-9-12-20(3)13-10-14-21(4)16-18-23(5,6)17-8-7-15-22(24)25/h11,13,16H,7-10,12,14-15,17-18H2,1-6H3/p+1/b20-13+,21-16+. The Morgan fingerprint density at radius 3 is 1.96 bits per heavy atom. The number of carboxylic acids is 1. The fraction of sp³-hybridized carbons (Fsp3) is 0.682. The van der Waals surface area contributed by atoms with E-state index in [0.717, 1.165) is 56.1 Å². The maximum absolute atomic E-state index is 10.6. The first kappa shape index (κ1) is 23.6. The van der Waals surface area contributed by atoms with Crippen molar-refractivity contribution in [3.63, 3.8) is 0 Å². The first-order valence-electron chi connectivity index (χ1n) is 9.61. The van der Waals surface area contributed by atoms with Crippen LogP contribution >= 0.6 is 0 Å². The van der Waals surface area contributed by atoms with Gasteiger partial charge in [0.2, 0.25) is 0 Å². The average Bonchev–Trinajstić information content (AvgIpc) is 2.49. The van der Waals surface area contributed by atoms with Crippen LogP contribution in [0, 0.1) is 0 Å². The number of likely N-dealkylation sites (N-methyl/N-ethyl adjacent to an activating group) is 1. The van der Waals surface area contributed by atoms with Gasteiger partial charge in [0.05, 0.1) is 27.2 Å². The van der Waals surface area contributed by atoms with Gasteiger partial charge in [-0.25, -0.2) is 0 Å². The largest absolute Gasteiger partial charge is 0.481 e. The summed E-state index contributed by atoms with van der Waals surface area (Å²) in [7, 11) is 4.44. The van der Waals surface area contributed by atoms with E-state index in [0.29, 0.717) is 0 Å². The van der Waals surface area contributed by atoms with Gasteiger partial charge in [0.25, 0.3) is 0 Å². The number of unbranched alkanes of at least 4 members (excludes halogenated alkanes) is 1. The first-order chi connectivity index (χ1) is 11.6. The molecule has 1 N–H and O–H groups in total. The number of quaternary nitrogens is 1. The van der Waals surface area contributed by atoms with Gasteiger partial charge in [-0.2, -0.15) is 0 Å². The smallest absolute Gasteiger partial charge is 0.303 e. The van der Waals surface area contributed by atoms with E-state index in [1.165, 1.54) is 16.7 Å². The number of hydrogen-bond donors (Lipinski definition) is 1. The zero-order chi connectivity index (χ0) is 19.3. The second-order valence-corrected chi connectivity index (χ2v) is 8.15. The number of nitrogens with zero attached hydrogens (tertiary/aromatic N) is 1. The minimum absolute atomic E-state index is 0.286. The number of aliphatic carboxylic acids is 1. The maximum atomic E-state index is 10.6. The molecule has 0 heterocycles. The van der Waals surface area contributed by atoms with Gasteiger partial charge >= 0.3 is 5.97 Å². The van der Waals surface area contributed by atoms with Gasteiger partial charge in [-0.05, 0) is 72.3 Å². The molecule has 3 nitrogen and oxygen atoms in total. The quantitative estimate of drug-likeness (QED) is 0.261. The zero-order valence-corrected chi connectivity index (χ0v) is 17.4. The summed E-state index contributed by atoms with van der Waals surface area (Å²) in [6.45, 7) is 10.8. The predicted octanol–water partition coefficient (Wildman–Crippen LogP) is 5.74. The van der Waals surface area contributed by atoms with Crippen LogP contribution in [0.15, 0.2) is 34.9 Å². The average molecular weight is 351 g/mol. The van der Waals surface area contributed by atoms with Gasteiger partial charge in [-0.3, -0.25) is 4.79 Å². The summed E-state index contributed by atoms with van der Waals surface area (Å²) < 4.78 is 0.925. The first-order valence-corrected chi connectivity index (χ1v) is 9.61. The molecule has 3 heteroatoms. The Balaban J connectivity index is 4.09. The SMILES string of the molecule is CC(C)=CCC/C(C)=C/CC/C(C)=C/C[N+](C)(C)CCCCC(=O)O. The zero-order valence-electron chi connectivity index (χ0n) is 17.4. The normalized spacial score (nSPS) is 13.0. The van der Waals surface area contributed by atoms with Crippen LogP contribution in [0.1, 0.15) is 72.6 Å². The van der Waals surface area contributed by atoms with Crippen molar-refractivity contribution < 1.29 is 14.4 Å². The monoisotopic (exact) mass is 350 g/mol. The number of allylic oxidation sites excluding steroid dienone is 5. The highest BCUT2D eigenvalue weighted by Gasteiger charge is 2.13. The van der Waals surface area contributed by atoms with E-state index in [9.17, 15) is 4.79 Å². The second-order valence-electron chi connectivity index (χ2n) is 8.15. The molecule has 0 aliphatic rings. The molecular formula is C22H40NO2+. The molecule has 0 unspecified atom stereocenters. The Morgan fingerprint density at radius 1 is 0.840 bits per heavy atom. The Morgan fingerprint density at radius 2 is 1.40 bits per heavy atom. The highest BCUT2D eigenvalue weighted by Crippen LogP contribution is 2.12. The molecular weight excluding hydrogens is 310 g/mol. The van der Waals surface area contributed by atoms with Crippen LogP contribution < -0.4 is 0 Å². The highest BCUT2D eigenvalue weighted by molar-refractivity contribution is 5.66. The molecule has 0 aromatic heterocycles. The lowest BCUT2D eigenvalue weighted by Gasteiger charge is -2.28. The van der Waals surface area contributed by atoms with Gasteiger partial charge in [-0.15, -0.1) is 0 Å². The van der Waals surface area contributed by atoms with Crippen molar-refractivity contribution in [3.05, 3.63) is 34.9 Å². The summed E-state index contributed by atoms with van der Waals surface area (Å²) in [4.78, 5) is 10.6. The van der Waals surface area contributed by atoms with E-state index < -0.39 is 5.97 Å². The number of hydrogen-bond acceptors (Lipinski definition) is 1. The molecule has 0 atom stereocenters. The number of rotatable bonds is 13. The van der Waals surface area contributed by atoms with Gasteiger partial charge in [0, 0.05) is 6.42 Å². The molecule has 0 fully saturated rings. The Hall–Kier alpha value is -1.35. The van der Waals surface area contributed by atoms with Crippen LogP contribution in [0.5, 0.6) is 0 Å². The molecule has 0 aromatic carbocycles. The Bertz CT molecular complexity index is 480. The van der Waals surface area contributed by atoms with Crippen molar-refractivity contribution >= 4 is 5.97 Å². The minimum atomic E-state index is -0.690. The molecule has 0 spiro atoms. The third kappa shape index (κ3) is 15.9. The molecule has 0 amide bonds. The summed E-state index contributed by atoms with van der Waals surface area (Å²) in [5, 5.41) is 8.69. The van der Waals surface area contributed by atoms with Crippen molar-refractivity contribution in [2.45, 2.75) is 72.6 Å². The molecule has 0 aliphatic heterocycles. The lowest BCUT2D eigenvalue weighted by molar-refractivity contribution is -0.884. The van der Waals surface area contributed by atoms with E-state index in [1.54, 1.807) is 0 Å². The second kappa shape index (κ2) is 12.9.